The van der Waals surface area contributed by atoms with E-state index in [1.54, 1.807) is 12.3 Å². The van der Waals surface area contributed by atoms with E-state index in [-0.39, 0.29) is 5.91 Å². The number of carbonyl (C=O) groups excluding carboxylic acids is 1. The number of rotatable bonds is 1. The van der Waals surface area contributed by atoms with Crippen molar-refractivity contribution in [3.63, 3.8) is 0 Å². The monoisotopic (exact) mass is 207 g/mol. The normalized spacial score (nSPS) is 25.9. The van der Waals surface area contributed by atoms with Crippen molar-refractivity contribution in [1.29, 1.82) is 0 Å². The molecule has 82 valence electrons. The SMILES string of the molecule is CC1CN(C(=O)c2cc(N)c[nH]2)CC1C. The summed E-state index contributed by atoms with van der Waals surface area (Å²) in [6.07, 6.45) is 1.65. The first-order valence-corrected chi connectivity index (χ1v) is 5.31. The van der Waals surface area contributed by atoms with Gasteiger partial charge in [0.1, 0.15) is 5.69 Å². The Balaban J connectivity index is 2.10. The number of hydrogen-bond acceptors (Lipinski definition) is 2. The minimum absolute atomic E-state index is 0.0582. The van der Waals surface area contributed by atoms with E-state index in [1.165, 1.54) is 0 Å². The third kappa shape index (κ3) is 1.84. The van der Waals surface area contributed by atoms with Crippen LogP contribution in [0.15, 0.2) is 12.3 Å². The van der Waals surface area contributed by atoms with Crippen molar-refractivity contribution < 1.29 is 4.79 Å². The molecule has 2 atom stereocenters. The van der Waals surface area contributed by atoms with E-state index in [1.807, 2.05) is 4.90 Å². The number of carbonyl (C=O) groups is 1. The standard InChI is InChI=1S/C11H17N3O/c1-7-5-14(6-8(7)2)11(15)10-3-9(12)4-13-10/h3-4,7-8,13H,5-6,12H2,1-2H3. The first-order valence-electron chi connectivity index (χ1n) is 5.31. The van der Waals surface area contributed by atoms with Crippen LogP contribution in [0.5, 0.6) is 0 Å². The fourth-order valence-electron chi connectivity index (χ4n) is 2.00. The highest BCUT2D eigenvalue weighted by atomic mass is 16.2. The lowest BCUT2D eigenvalue weighted by Gasteiger charge is -2.14. The van der Waals surface area contributed by atoms with Gasteiger partial charge in [-0.05, 0) is 17.9 Å². The highest BCUT2D eigenvalue weighted by Gasteiger charge is 2.30. The van der Waals surface area contributed by atoms with Gasteiger partial charge in [-0.15, -0.1) is 0 Å². The third-order valence-electron chi connectivity index (χ3n) is 3.21. The molecule has 0 aliphatic carbocycles. The predicted octanol–water partition coefficient (Wildman–Crippen LogP) is 1.32. The molecule has 1 aliphatic rings. The van der Waals surface area contributed by atoms with Crippen LogP contribution in [-0.4, -0.2) is 28.9 Å². The lowest BCUT2D eigenvalue weighted by molar-refractivity contribution is 0.0780. The number of nitrogens with one attached hydrogen (secondary N) is 1. The number of nitrogens with two attached hydrogens (primary N) is 1. The van der Waals surface area contributed by atoms with Gasteiger partial charge in [0.05, 0.1) is 0 Å². The maximum atomic E-state index is 12.0. The molecule has 4 nitrogen and oxygen atoms in total. The van der Waals surface area contributed by atoms with Crippen LogP contribution in [0.2, 0.25) is 0 Å². The van der Waals surface area contributed by atoms with Crippen LogP contribution in [0.4, 0.5) is 5.69 Å². The topological polar surface area (TPSA) is 62.1 Å². The molecule has 1 fully saturated rings. The van der Waals surface area contributed by atoms with Gasteiger partial charge in [-0.1, -0.05) is 13.8 Å². The van der Waals surface area contributed by atoms with Gasteiger partial charge in [-0.25, -0.2) is 0 Å². The second kappa shape index (κ2) is 3.61. The van der Waals surface area contributed by atoms with E-state index < -0.39 is 0 Å². The van der Waals surface area contributed by atoms with Gasteiger partial charge in [0, 0.05) is 25.0 Å². The van der Waals surface area contributed by atoms with Gasteiger partial charge in [0.25, 0.3) is 5.91 Å². The largest absolute Gasteiger partial charge is 0.397 e. The van der Waals surface area contributed by atoms with Crippen molar-refractivity contribution in [2.75, 3.05) is 18.8 Å². The van der Waals surface area contributed by atoms with E-state index in [0.29, 0.717) is 23.2 Å². The van der Waals surface area contributed by atoms with E-state index >= 15 is 0 Å². The Hall–Kier alpha value is -1.45. The van der Waals surface area contributed by atoms with Gasteiger partial charge in [0.2, 0.25) is 0 Å². The van der Waals surface area contributed by atoms with Crippen molar-refractivity contribution in [3.05, 3.63) is 18.0 Å². The summed E-state index contributed by atoms with van der Waals surface area (Å²) in [5.74, 6) is 1.23. The van der Waals surface area contributed by atoms with Gasteiger partial charge in [0.15, 0.2) is 0 Å². The van der Waals surface area contributed by atoms with Crippen molar-refractivity contribution in [1.82, 2.24) is 9.88 Å². The molecule has 1 aromatic heterocycles. The lowest BCUT2D eigenvalue weighted by atomic mass is 10.0. The van der Waals surface area contributed by atoms with Crippen LogP contribution < -0.4 is 5.73 Å². The zero-order chi connectivity index (χ0) is 11.0. The van der Waals surface area contributed by atoms with Crippen LogP contribution in [0, 0.1) is 11.8 Å². The second-order valence-corrected chi connectivity index (χ2v) is 4.51. The number of H-pyrrole nitrogens is 1. The molecule has 2 heterocycles. The van der Waals surface area contributed by atoms with E-state index in [4.69, 9.17) is 5.73 Å². The molecular weight excluding hydrogens is 190 g/mol. The quantitative estimate of drug-likeness (QED) is 0.729. The second-order valence-electron chi connectivity index (χ2n) is 4.51. The Kier molecular flexibility index (Phi) is 2.42. The molecule has 4 heteroatoms. The van der Waals surface area contributed by atoms with Gasteiger partial charge >= 0.3 is 0 Å². The molecule has 1 aromatic rings. The van der Waals surface area contributed by atoms with E-state index in [9.17, 15) is 4.79 Å². The number of likely N-dealkylation sites (tertiary alicyclic amines) is 1. The Morgan fingerprint density at radius 3 is 2.53 bits per heavy atom. The van der Waals surface area contributed by atoms with E-state index in [2.05, 4.69) is 18.8 Å². The minimum atomic E-state index is 0.0582. The first kappa shape index (κ1) is 10.1. The predicted molar refractivity (Wildman–Crippen MR) is 59.4 cm³/mol. The highest BCUT2D eigenvalue weighted by Crippen LogP contribution is 2.23. The molecule has 2 rings (SSSR count). The van der Waals surface area contributed by atoms with Crippen molar-refractivity contribution in [2.24, 2.45) is 11.8 Å². The third-order valence-corrected chi connectivity index (χ3v) is 3.21. The summed E-state index contributed by atoms with van der Waals surface area (Å²) in [6.45, 7) is 6.06. The molecule has 0 bridgehead atoms. The summed E-state index contributed by atoms with van der Waals surface area (Å²) < 4.78 is 0. The smallest absolute Gasteiger partial charge is 0.270 e. The zero-order valence-electron chi connectivity index (χ0n) is 9.16. The summed E-state index contributed by atoms with van der Waals surface area (Å²) in [6, 6.07) is 1.69. The van der Waals surface area contributed by atoms with Crippen LogP contribution >= 0.6 is 0 Å². The summed E-state index contributed by atoms with van der Waals surface area (Å²) >= 11 is 0. The maximum absolute atomic E-state index is 12.0. The fourth-order valence-corrected chi connectivity index (χ4v) is 2.00. The van der Waals surface area contributed by atoms with Crippen molar-refractivity contribution >= 4 is 11.6 Å². The Bertz CT molecular complexity index is 362. The Morgan fingerprint density at radius 1 is 1.47 bits per heavy atom. The number of amides is 1. The summed E-state index contributed by atoms with van der Waals surface area (Å²) in [4.78, 5) is 16.8. The molecule has 2 unspecified atom stereocenters. The molecule has 0 spiro atoms. The minimum Gasteiger partial charge on any atom is -0.397 e. The molecule has 15 heavy (non-hydrogen) atoms. The summed E-state index contributed by atoms with van der Waals surface area (Å²) in [5.41, 5.74) is 6.77. The number of nitrogens with zero attached hydrogens (tertiary/aromatic N) is 1. The molecule has 1 saturated heterocycles. The van der Waals surface area contributed by atoms with Crippen molar-refractivity contribution in [2.45, 2.75) is 13.8 Å². The molecule has 1 amide bonds. The van der Waals surface area contributed by atoms with Gasteiger partial charge in [-0.3, -0.25) is 4.79 Å². The van der Waals surface area contributed by atoms with Crippen LogP contribution in [-0.2, 0) is 0 Å². The van der Waals surface area contributed by atoms with Crippen LogP contribution in [0.1, 0.15) is 24.3 Å². The molecular formula is C11H17N3O. The molecule has 0 saturated carbocycles. The highest BCUT2D eigenvalue weighted by molar-refractivity contribution is 5.93. The average Bonchev–Trinajstić information content (AvgIpc) is 2.74. The number of nitrogen functional groups attached to an aromatic ring is 1. The number of aromatic nitrogens is 1. The van der Waals surface area contributed by atoms with Gasteiger partial charge < -0.3 is 15.6 Å². The Morgan fingerprint density at radius 2 is 2.07 bits per heavy atom. The summed E-state index contributed by atoms with van der Waals surface area (Å²) in [7, 11) is 0. The maximum Gasteiger partial charge on any atom is 0.270 e. The number of hydrogen-bond donors (Lipinski definition) is 2. The molecule has 0 aromatic carbocycles. The zero-order valence-corrected chi connectivity index (χ0v) is 9.16. The summed E-state index contributed by atoms with van der Waals surface area (Å²) in [5, 5.41) is 0. The lowest BCUT2D eigenvalue weighted by Crippen LogP contribution is -2.29. The number of aromatic amines is 1. The average molecular weight is 207 g/mol. The molecule has 3 N–H and O–H groups in total. The fraction of sp³-hybridized carbons (Fsp3) is 0.545. The van der Waals surface area contributed by atoms with E-state index in [0.717, 1.165) is 13.1 Å². The van der Waals surface area contributed by atoms with Crippen LogP contribution in [0.3, 0.4) is 0 Å². The number of anilines is 1. The van der Waals surface area contributed by atoms with Crippen molar-refractivity contribution in [3.8, 4) is 0 Å². The Labute approximate surface area is 89.5 Å². The van der Waals surface area contributed by atoms with Gasteiger partial charge in [-0.2, -0.15) is 0 Å². The molecule has 0 radical (unpaired) electrons. The first-order chi connectivity index (χ1) is 7.08. The molecule has 1 aliphatic heterocycles. The van der Waals surface area contributed by atoms with Crippen LogP contribution in [0.25, 0.3) is 0 Å².